The monoisotopic (exact) mass is 337 g/mol. The van der Waals surface area contributed by atoms with E-state index in [-0.39, 0.29) is 11.9 Å². The van der Waals surface area contributed by atoms with Crippen LogP contribution in [-0.2, 0) is 11.8 Å². The molecule has 3 aromatic rings. The third-order valence-corrected chi connectivity index (χ3v) is 4.48. The lowest BCUT2D eigenvalue weighted by Crippen LogP contribution is -2.44. The number of carbonyl (C=O) groups excluding carboxylic acids is 1. The van der Waals surface area contributed by atoms with Crippen molar-refractivity contribution in [3.8, 4) is 5.82 Å². The van der Waals surface area contributed by atoms with Crippen molar-refractivity contribution < 1.29 is 9.53 Å². The fraction of sp³-hybridized carbons (Fsp3) is 0.278. The molecule has 4 rings (SSSR count). The fourth-order valence-corrected chi connectivity index (χ4v) is 3.17. The van der Waals surface area contributed by atoms with Crippen molar-refractivity contribution in [1.29, 1.82) is 0 Å². The SMILES string of the molecule is Cn1cccc1C1COCCN1C(=O)c1ccnc(-n2ccnc2)c1. The Balaban J connectivity index is 1.65. The molecule has 25 heavy (non-hydrogen) atoms. The number of carbonyl (C=O) groups is 1. The first-order valence-electron chi connectivity index (χ1n) is 8.18. The number of pyridine rings is 1. The lowest BCUT2D eigenvalue weighted by Gasteiger charge is -2.36. The summed E-state index contributed by atoms with van der Waals surface area (Å²) in [7, 11) is 1.98. The van der Waals surface area contributed by atoms with Crippen LogP contribution in [-0.4, -0.2) is 49.7 Å². The first-order chi connectivity index (χ1) is 12.2. The standard InChI is InChI=1S/C18H19N5O2/c1-21-7-2-3-15(21)16-12-25-10-9-23(16)18(24)14-4-5-20-17(11-14)22-8-6-19-13-22/h2-8,11,13,16H,9-10,12H2,1H3. The van der Waals surface area contributed by atoms with Crippen LogP contribution in [0.2, 0.25) is 0 Å². The highest BCUT2D eigenvalue weighted by Crippen LogP contribution is 2.26. The summed E-state index contributed by atoms with van der Waals surface area (Å²) < 4.78 is 9.44. The topological polar surface area (TPSA) is 65.2 Å². The molecule has 7 heteroatoms. The van der Waals surface area contributed by atoms with Crippen LogP contribution in [0.3, 0.4) is 0 Å². The molecule has 0 saturated carbocycles. The highest BCUT2D eigenvalue weighted by molar-refractivity contribution is 5.94. The summed E-state index contributed by atoms with van der Waals surface area (Å²) in [5, 5.41) is 0. The highest BCUT2D eigenvalue weighted by Gasteiger charge is 2.30. The molecule has 1 atom stereocenters. The van der Waals surface area contributed by atoms with Crippen LogP contribution < -0.4 is 0 Å². The number of morpholine rings is 1. The van der Waals surface area contributed by atoms with Gasteiger partial charge in [-0.15, -0.1) is 0 Å². The van der Waals surface area contributed by atoms with E-state index in [9.17, 15) is 4.79 Å². The van der Waals surface area contributed by atoms with Gasteiger partial charge in [0.05, 0.1) is 19.3 Å². The molecule has 7 nitrogen and oxygen atoms in total. The van der Waals surface area contributed by atoms with E-state index in [0.29, 0.717) is 31.1 Å². The Morgan fingerprint density at radius 2 is 2.20 bits per heavy atom. The molecule has 1 fully saturated rings. The van der Waals surface area contributed by atoms with Gasteiger partial charge >= 0.3 is 0 Å². The molecule has 0 bridgehead atoms. The lowest BCUT2D eigenvalue weighted by molar-refractivity contribution is -0.00463. The van der Waals surface area contributed by atoms with E-state index in [1.165, 1.54) is 0 Å². The average molecular weight is 337 g/mol. The maximum atomic E-state index is 13.1. The molecule has 3 aromatic heterocycles. The van der Waals surface area contributed by atoms with Crippen molar-refractivity contribution in [3.63, 3.8) is 0 Å². The highest BCUT2D eigenvalue weighted by atomic mass is 16.5. The first kappa shape index (κ1) is 15.6. The third-order valence-electron chi connectivity index (χ3n) is 4.48. The molecule has 0 aromatic carbocycles. The fourth-order valence-electron chi connectivity index (χ4n) is 3.17. The normalized spacial score (nSPS) is 17.6. The van der Waals surface area contributed by atoms with Crippen LogP contribution in [0.15, 0.2) is 55.4 Å². The third kappa shape index (κ3) is 2.94. The number of rotatable bonds is 3. The van der Waals surface area contributed by atoms with E-state index < -0.39 is 0 Å². The van der Waals surface area contributed by atoms with Gasteiger partial charge in [0.25, 0.3) is 5.91 Å². The van der Waals surface area contributed by atoms with Gasteiger partial charge in [0.2, 0.25) is 0 Å². The predicted octanol–water partition coefficient (Wildman–Crippen LogP) is 1.82. The number of imidazole rings is 1. The molecular weight excluding hydrogens is 318 g/mol. The minimum absolute atomic E-state index is 0.0155. The number of hydrogen-bond donors (Lipinski definition) is 0. The van der Waals surface area contributed by atoms with Crippen molar-refractivity contribution in [3.05, 3.63) is 66.6 Å². The Bertz CT molecular complexity index is 871. The van der Waals surface area contributed by atoms with Crippen LogP contribution in [0, 0.1) is 0 Å². The molecule has 1 unspecified atom stereocenters. The quantitative estimate of drug-likeness (QED) is 0.731. The summed E-state index contributed by atoms with van der Waals surface area (Å²) in [5.74, 6) is 0.658. The van der Waals surface area contributed by atoms with Crippen LogP contribution >= 0.6 is 0 Å². The summed E-state index contributed by atoms with van der Waals surface area (Å²) in [4.78, 5) is 23.4. The van der Waals surface area contributed by atoms with Crippen LogP contribution in [0.4, 0.5) is 0 Å². The zero-order valence-electron chi connectivity index (χ0n) is 13.9. The van der Waals surface area contributed by atoms with Crippen LogP contribution in [0.25, 0.3) is 5.82 Å². The number of amides is 1. The summed E-state index contributed by atoms with van der Waals surface area (Å²) in [6, 6.07) is 7.47. The number of hydrogen-bond acceptors (Lipinski definition) is 4. The minimum Gasteiger partial charge on any atom is -0.377 e. The van der Waals surface area contributed by atoms with E-state index in [4.69, 9.17) is 4.74 Å². The minimum atomic E-state index is -0.0916. The molecule has 0 N–H and O–H groups in total. The van der Waals surface area contributed by atoms with Gasteiger partial charge in [-0.25, -0.2) is 9.97 Å². The maximum absolute atomic E-state index is 13.1. The molecule has 1 aliphatic heterocycles. The van der Waals surface area contributed by atoms with Gasteiger partial charge < -0.3 is 14.2 Å². The molecule has 128 valence electrons. The molecule has 0 spiro atoms. The van der Waals surface area contributed by atoms with E-state index in [1.807, 2.05) is 34.8 Å². The van der Waals surface area contributed by atoms with Crippen molar-refractivity contribution in [2.24, 2.45) is 7.05 Å². The van der Waals surface area contributed by atoms with Gasteiger partial charge in [-0.1, -0.05) is 0 Å². The van der Waals surface area contributed by atoms with Gasteiger partial charge in [-0.2, -0.15) is 0 Å². The van der Waals surface area contributed by atoms with Crippen molar-refractivity contribution >= 4 is 5.91 Å². The number of aryl methyl sites for hydroxylation is 1. The zero-order valence-corrected chi connectivity index (χ0v) is 13.9. The first-order valence-corrected chi connectivity index (χ1v) is 8.18. The van der Waals surface area contributed by atoms with Crippen molar-refractivity contribution in [2.45, 2.75) is 6.04 Å². The number of ether oxygens (including phenoxy) is 1. The maximum Gasteiger partial charge on any atom is 0.254 e. The summed E-state index contributed by atoms with van der Waals surface area (Å²) in [6.45, 7) is 1.62. The van der Waals surface area contributed by atoms with Crippen molar-refractivity contribution in [2.75, 3.05) is 19.8 Å². The predicted molar refractivity (Wildman–Crippen MR) is 91.4 cm³/mol. The second-order valence-electron chi connectivity index (χ2n) is 6.01. The van der Waals surface area contributed by atoms with Crippen LogP contribution in [0.1, 0.15) is 22.1 Å². The molecular formula is C18H19N5O2. The largest absolute Gasteiger partial charge is 0.377 e. The Labute approximate surface area is 145 Å². The number of nitrogens with zero attached hydrogens (tertiary/aromatic N) is 5. The smallest absolute Gasteiger partial charge is 0.254 e. The second-order valence-corrected chi connectivity index (χ2v) is 6.01. The Kier molecular flexibility index (Phi) is 4.07. The summed E-state index contributed by atoms with van der Waals surface area (Å²) in [5.41, 5.74) is 1.68. The number of aromatic nitrogens is 4. The van der Waals surface area contributed by atoms with Gasteiger partial charge in [-0.3, -0.25) is 9.36 Å². The molecule has 0 aliphatic carbocycles. The molecule has 1 aliphatic rings. The van der Waals surface area contributed by atoms with E-state index >= 15 is 0 Å². The van der Waals surface area contributed by atoms with Gasteiger partial charge in [-0.05, 0) is 24.3 Å². The molecule has 0 radical (unpaired) electrons. The lowest BCUT2D eigenvalue weighted by atomic mass is 10.1. The Hall–Kier alpha value is -2.93. The van der Waals surface area contributed by atoms with Gasteiger partial charge in [0.15, 0.2) is 0 Å². The van der Waals surface area contributed by atoms with E-state index in [1.54, 1.807) is 41.6 Å². The van der Waals surface area contributed by atoms with Gasteiger partial charge in [0.1, 0.15) is 12.1 Å². The van der Waals surface area contributed by atoms with E-state index in [2.05, 4.69) is 9.97 Å². The van der Waals surface area contributed by atoms with E-state index in [0.717, 1.165) is 5.69 Å². The molecule has 1 saturated heterocycles. The average Bonchev–Trinajstić information content (AvgIpc) is 3.33. The van der Waals surface area contributed by atoms with Crippen molar-refractivity contribution in [1.82, 2.24) is 24.0 Å². The second kappa shape index (κ2) is 6.52. The van der Waals surface area contributed by atoms with Crippen LogP contribution in [0.5, 0.6) is 0 Å². The summed E-state index contributed by atoms with van der Waals surface area (Å²) in [6.07, 6.45) is 8.79. The Morgan fingerprint density at radius 3 is 2.96 bits per heavy atom. The zero-order chi connectivity index (χ0) is 17.2. The summed E-state index contributed by atoms with van der Waals surface area (Å²) >= 11 is 0. The Morgan fingerprint density at radius 1 is 1.28 bits per heavy atom. The van der Waals surface area contributed by atoms with Gasteiger partial charge in [0, 0.05) is 49.6 Å². The molecule has 1 amide bonds. The molecule has 4 heterocycles.